The van der Waals surface area contributed by atoms with Gasteiger partial charge in [0.1, 0.15) is 0 Å². The molecule has 2 fully saturated rings. The molecule has 2 unspecified atom stereocenters. The predicted octanol–water partition coefficient (Wildman–Crippen LogP) is -0.556. The Hall–Kier alpha value is -1.38. The summed E-state index contributed by atoms with van der Waals surface area (Å²) in [5, 5.41) is 10.8. The standard InChI is InChI=1S/C15H27N5O3.ClH/c1-16-15(23)19-13(21)10-20-7-3-4-11(9-20)8-18-14(22)12-5-2-6-17-12;/h11-12,17H,2-10H2,1H3,(H,18,22)(H2,16,19,21,23);1H. The first-order chi connectivity index (χ1) is 11.1. The second kappa shape index (κ2) is 10.5. The van der Waals surface area contributed by atoms with Gasteiger partial charge in [0.15, 0.2) is 0 Å². The van der Waals surface area contributed by atoms with Gasteiger partial charge in [-0.05, 0) is 44.7 Å². The van der Waals surface area contributed by atoms with Gasteiger partial charge in [-0.3, -0.25) is 19.8 Å². The topological polar surface area (TPSA) is 103 Å². The third kappa shape index (κ3) is 6.62. The fraction of sp³-hybridized carbons (Fsp3) is 0.800. The number of carbonyl (C=O) groups excluding carboxylic acids is 3. The maximum Gasteiger partial charge on any atom is 0.321 e. The first-order valence-corrected chi connectivity index (χ1v) is 8.33. The van der Waals surface area contributed by atoms with Crippen molar-refractivity contribution in [2.75, 3.05) is 39.8 Å². The van der Waals surface area contributed by atoms with Crippen molar-refractivity contribution in [1.29, 1.82) is 0 Å². The molecule has 0 aromatic rings. The van der Waals surface area contributed by atoms with Crippen LogP contribution in [0, 0.1) is 5.92 Å². The summed E-state index contributed by atoms with van der Waals surface area (Å²) < 4.78 is 0. The Bertz CT molecular complexity index is 443. The van der Waals surface area contributed by atoms with E-state index in [2.05, 4.69) is 21.3 Å². The Morgan fingerprint density at radius 1 is 1.21 bits per heavy atom. The lowest BCUT2D eigenvalue weighted by atomic mass is 9.98. The number of piperidine rings is 1. The van der Waals surface area contributed by atoms with E-state index in [-0.39, 0.29) is 36.8 Å². The molecule has 0 aliphatic carbocycles. The monoisotopic (exact) mass is 361 g/mol. The third-order valence-electron chi connectivity index (χ3n) is 4.39. The first-order valence-electron chi connectivity index (χ1n) is 8.33. The molecule has 2 saturated heterocycles. The fourth-order valence-corrected chi connectivity index (χ4v) is 3.17. The molecule has 0 radical (unpaired) electrons. The molecule has 2 aliphatic heterocycles. The highest BCUT2D eigenvalue weighted by Crippen LogP contribution is 2.15. The Morgan fingerprint density at radius 3 is 2.67 bits per heavy atom. The SMILES string of the molecule is CNC(=O)NC(=O)CN1CCCC(CNC(=O)C2CCCN2)C1.Cl. The zero-order valence-electron chi connectivity index (χ0n) is 14.1. The van der Waals surface area contributed by atoms with Crippen molar-refractivity contribution in [1.82, 2.24) is 26.2 Å². The summed E-state index contributed by atoms with van der Waals surface area (Å²) in [6.45, 7) is 3.37. The van der Waals surface area contributed by atoms with Crippen molar-refractivity contribution in [3.05, 3.63) is 0 Å². The van der Waals surface area contributed by atoms with E-state index >= 15 is 0 Å². The van der Waals surface area contributed by atoms with E-state index in [1.807, 2.05) is 4.90 Å². The van der Waals surface area contributed by atoms with Crippen molar-refractivity contribution < 1.29 is 14.4 Å². The number of imide groups is 1. The molecule has 0 saturated carbocycles. The molecule has 138 valence electrons. The van der Waals surface area contributed by atoms with E-state index in [0.29, 0.717) is 12.5 Å². The highest BCUT2D eigenvalue weighted by Gasteiger charge is 2.25. The van der Waals surface area contributed by atoms with Gasteiger partial charge in [-0.15, -0.1) is 12.4 Å². The van der Waals surface area contributed by atoms with Crippen LogP contribution in [-0.4, -0.2) is 68.6 Å². The van der Waals surface area contributed by atoms with Crippen LogP contribution in [-0.2, 0) is 9.59 Å². The van der Waals surface area contributed by atoms with Gasteiger partial charge in [-0.1, -0.05) is 0 Å². The molecule has 4 N–H and O–H groups in total. The van der Waals surface area contributed by atoms with Gasteiger partial charge in [0, 0.05) is 20.1 Å². The van der Waals surface area contributed by atoms with Gasteiger partial charge in [-0.2, -0.15) is 0 Å². The number of rotatable bonds is 5. The zero-order chi connectivity index (χ0) is 16.7. The maximum absolute atomic E-state index is 12.0. The molecule has 2 atom stereocenters. The van der Waals surface area contributed by atoms with Gasteiger partial charge in [0.25, 0.3) is 0 Å². The molecule has 0 aromatic carbocycles. The van der Waals surface area contributed by atoms with E-state index in [1.165, 1.54) is 7.05 Å². The second-order valence-electron chi connectivity index (χ2n) is 6.26. The van der Waals surface area contributed by atoms with E-state index in [4.69, 9.17) is 0 Å². The molecule has 2 aliphatic rings. The van der Waals surface area contributed by atoms with Gasteiger partial charge < -0.3 is 16.0 Å². The number of hydrogen-bond acceptors (Lipinski definition) is 5. The summed E-state index contributed by atoms with van der Waals surface area (Å²) in [7, 11) is 1.47. The predicted molar refractivity (Wildman–Crippen MR) is 93.0 cm³/mol. The van der Waals surface area contributed by atoms with Gasteiger partial charge in [0.05, 0.1) is 12.6 Å². The molecule has 9 heteroatoms. The molecule has 8 nitrogen and oxygen atoms in total. The van der Waals surface area contributed by atoms with E-state index in [1.54, 1.807) is 0 Å². The number of urea groups is 1. The summed E-state index contributed by atoms with van der Waals surface area (Å²) in [5.41, 5.74) is 0. The maximum atomic E-state index is 12.0. The third-order valence-corrected chi connectivity index (χ3v) is 4.39. The van der Waals surface area contributed by atoms with Gasteiger partial charge >= 0.3 is 6.03 Å². The van der Waals surface area contributed by atoms with Crippen molar-refractivity contribution in [3.63, 3.8) is 0 Å². The van der Waals surface area contributed by atoms with Crippen LogP contribution in [0.2, 0.25) is 0 Å². The molecule has 2 rings (SSSR count). The molecule has 0 spiro atoms. The minimum atomic E-state index is -0.486. The number of amides is 4. The smallest absolute Gasteiger partial charge is 0.321 e. The molecule has 0 aromatic heterocycles. The number of halogens is 1. The lowest BCUT2D eigenvalue weighted by Gasteiger charge is -2.32. The summed E-state index contributed by atoms with van der Waals surface area (Å²) in [5.74, 6) is 0.128. The lowest BCUT2D eigenvalue weighted by molar-refractivity contribution is -0.124. The Kier molecular flexibility index (Phi) is 9.02. The number of carbonyl (C=O) groups is 3. The Balaban J connectivity index is 0.00000288. The van der Waals surface area contributed by atoms with Crippen LogP contribution in [0.15, 0.2) is 0 Å². The van der Waals surface area contributed by atoms with Gasteiger partial charge in [-0.25, -0.2) is 4.79 Å². The number of likely N-dealkylation sites (tertiary alicyclic amines) is 1. The fourth-order valence-electron chi connectivity index (χ4n) is 3.17. The van der Waals surface area contributed by atoms with Crippen LogP contribution in [0.4, 0.5) is 4.79 Å². The minimum absolute atomic E-state index is 0. The van der Waals surface area contributed by atoms with Crippen molar-refractivity contribution in [3.8, 4) is 0 Å². The molecule has 4 amide bonds. The van der Waals surface area contributed by atoms with Crippen LogP contribution in [0.3, 0.4) is 0 Å². The zero-order valence-corrected chi connectivity index (χ0v) is 14.9. The summed E-state index contributed by atoms with van der Waals surface area (Å²) >= 11 is 0. The summed E-state index contributed by atoms with van der Waals surface area (Å²) in [6.07, 6.45) is 4.00. The molecule has 2 heterocycles. The summed E-state index contributed by atoms with van der Waals surface area (Å²) in [4.78, 5) is 36.9. The van der Waals surface area contributed by atoms with Gasteiger partial charge in [0.2, 0.25) is 11.8 Å². The quantitative estimate of drug-likeness (QED) is 0.526. The molecular weight excluding hydrogens is 334 g/mol. The first kappa shape index (κ1) is 20.7. The molecular formula is C15H28ClN5O3. The summed E-state index contributed by atoms with van der Waals surface area (Å²) in [6, 6.07) is -0.534. The largest absolute Gasteiger partial charge is 0.354 e. The second-order valence-corrected chi connectivity index (χ2v) is 6.26. The average Bonchev–Trinajstić information content (AvgIpc) is 3.07. The van der Waals surface area contributed by atoms with Crippen LogP contribution in [0.25, 0.3) is 0 Å². The Labute approximate surface area is 148 Å². The van der Waals surface area contributed by atoms with Crippen molar-refractivity contribution in [2.24, 2.45) is 5.92 Å². The number of hydrogen-bond donors (Lipinski definition) is 4. The van der Waals surface area contributed by atoms with Crippen LogP contribution in [0.1, 0.15) is 25.7 Å². The van der Waals surface area contributed by atoms with Crippen LogP contribution < -0.4 is 21.3 Å². The van der Waals surface area contributed by atoms with Crippen molar-refractivity contribution in [2.45, 2.75) is 31.7 Å². The van der Waals surface area contributed by atoms with E-state index in [0.717, 1.165) is 45.3 Å². The lowest BCUT2D eigenvalue weighted by Crippen LogP contribution is -2.48. The van der Waals surface area contributed by atoms with E-state index < -0.39 is 6.03 Å². The minimum Gasteiger partial charge on any atom is -0.354 e. The van der Waals surface area contributed by atoms with Crippen LogP contribution in [0.5, 0.6) is 0 Å². The van der Waals surface area contributed by atoms with E-state index in [9.17, 15) is 14.4 Å². The Morgan fingerprint density at radius 2 is 2.00 bits per heavy atom. The normalized spacial score (nSPS) is 23.9. The average molecular weight is 362 g/mol. The number of nitrogens with one attached hydrogen (secondary N) is 4. The van der Waals surface area contributed by atoms with Crippen molar-refractivity contribution >= 4 is 30.3 Å². The molecule has 24 heavy (non-hydrogen) atoms. The molecule has 0 bridgehead atoms. The van der Waals surface area contributed by atoms with Crippen LogP contribution >= 0.6 is 12.4 Å². The highest BCUT2D eigenvalue weighted by atomic mass is 35.5. The number of nitrogens with zero attached hydrogens (tertiary/aromatic N) is 1. The highest BCUT2D eigenvalue weighted by molar-refractivity contribution is 5.95.